The average Bonchev–Trinajstić information content (AvgIpc) is 2.17. The number of carbonyl (C=O) groups excluding carboxylic acids is 1. The summed E-state index contributed by atoms with van der Waals surface area (Å²) in [5, 5.41) is 0. The maximum absolute atomic E-state index is 11.4. The summed E-state index contributed by atoms with van der Waals surface area (Å²) >= 11 is 0. The predicted molar refractivity (Wildman–Crippen MR) is 60.8 cm³/mol. The summed E-state index contributed by atoms with van der Waals surface area (Å²) in [6, 6.07) is 8.08. The van der Waals surface area contributed by atoms with Gasteiger partial charge < -0.3 is 4.74 Å². The van der Waals surface area contributed by atoms with Crippen LogP contribution < -0.4 is 0 Å². The van der Waals surface area contributed by atoms with Crippen molar-refractivity contribution in [3.05, 3.63) is 35.4 Å². The molecule has 0 saturated heterocycles. The van der Waals surface area contributed by atoms with Crippen LogP contribution >= 0.6 is 0 Å². The van der Waals surface area contributed by atoms with Crippen LogP contribution in [0.1, 0.15) is 31.9 Å². The van der Waals surface area contributed by atoms with Gasteiger partial charge in [0.1, 0.15) is 0 Å². The zero-order valence-electron chi connectivity index (χ0n) is 9.62. The van der Waals surface area contributed by atoms with E-state index < -0.39 is 0 Å². The Bertz CT molecular complexity index is 312. The Morgan fingerprint density at radius 2 is 1.73 bits per heavy atom. The summed E-state index contributed by atoms with van der Waals surface area (Å²) in [5.41, 5.74) is 2.30. The Kier molecular flexibility index (Phi) is 4.35. The first kappa shape index (κ1) is 11.8. The first-order valence-electron chi connectivity index (χ1n) is 5.39. The highest BCUT2D eigenvalue weighted by Crippen LogP contribution is 2.06. The highest BCUT2D eigenvalue weighted by Gasteiger charge is 2.06. The van der Waals surface area contributed by atoms with Gasteiger partial charge in [-0.05, 0) is 31.4 Å². The van der Waals surface area contributed by atoms with Crippen LogP contribution in [0.3, 0.4) is 0 Å². The Balaban J connectivity index is 2.53. The minimum Gasteiger partial charge on any atom is -0.463 e. The molecule has 82 valence electrons. The second kappa shape index (κ2) is 5.54. The van der Waals surface area contributed by atoms with Crippen LogP contribution in [0.4, 0.5) is 0 Å². The maximum atomic E-state index is 11.4. The Morgan fingerprint density at radius 1 is 1.20 bits per heavy atom. The molecule has 0 aliphatic rings. The first-order valence-corrected chi connectivity index (χ1v) is 5.39. The fourth-order valence-corrected chi connectivity index (χ4v) is 1.36. The quantitative estimate of drug-likeness (QED) is 0.708. The van der Waals surface area contributed by atoms with Gasteiger partial charge in [0, 0.05) is 0 Å². The number of aryl methyl sites for hydroxylation is 1. The van der Waals surface area contributed by atoms with E-state index in [0.29, 0.717) is 6.42 Å². The van der Waals surface area contributed by atoms with Gasteiger partial charge >= 0.3 is 5.97 Å². The molecule has 0 amide bonds. The van der Waals surface area contributed by atoms with Gasteiger partial charge in [-0.1, -0.05) is 31.2 Å². The van der Waals surface area contributed by atoms with Crippen molar-refractivity contribution in [3.8, 4) is 0 Å². The highest BCUT2D eigenvalue weighted by molar-refractivity contribution is 5.72. The van der Waals surface area contributed by atoms with Crippen molar-refractivity contribution in [3.63, 3.8) is 0 Å². The highest BCUT2D eigenvalue weighted by atomic mass is 16.5. The lowest BCUT2D eigenvalue weighted by Crippen LogP contribution is -2.13. The molecule has 0 aliphatic carbocycles. The van der Waals surface area contributed by atoms with E-state index in [0.717, 1.165) is 12.0 Å². The molecule has 0 unspecified atom stereocenters. The van der Waals surface area contributed by atoms with E-state index in [9.17, 15) is 4.79 Å². The van der Waals surface area contributed by atoms with Gasteiger partial charge in [0.25, 0.3) is 0 Å². The number of hydrogen-bond acceptors (Lipinski definition) is 2. The van der Waals surface area contributed by atoms with Gasteiger partial charge in [-0.15, -0.1) is 0 Å². The largest absolute Gasteiger partial charge is 0.463 e. The summed E-state index contributed by atoms with van der Waals surface area (Å²) in [6.45, 7) is 5.83. The molecule has 0 aliphatic heterocycles. The lowest BCUT2D eigenvalue weighted by Gasteiger charge is -2.07. The summed E-state index contributed by atoms with van der Waals surface area (Å²) < 4.78 is 5.07. The lowest BCUT2D eigenvalue weighted by atomic mass is 10.1. The fourth-order valence-electron chi connectivity index (χ4n) is 1.36. The molecule has 1 aromatic rings. The van der Waals surface area contributed by atoms with Crippen LogP contribution in [0.25, 0.3) is 0 Å². The van der Waals surface area contributed by atoms with Gasteiger partial charge in [0.15, 0.2) is 0 Å². The van der Waals surface area contributed by atoms with Gasteiger partial charge in [0.05, 0.1) is 12.5 Å². The molecule has 0 radical (unpaired) electrons. The van der Waals surface area contributed by atoms with Crippen LogP contribution in [0, 0.1) is 0 Å². The molecule has 0 heterocycles. The van der Waals surface area contributed by atoms with E-state index in [-0.39, 0.29) is 12.1 Å². The van der Waals surface area contributed by atoms with Crippen LogP contribution in [-0.4, -0.2) is 12.1 Å². The van der Waals surface area contributed by atoms with Crippen molar-refractivity contribution in [1.29, 1.82) is 0 Å². The molecule has 0 fully saturated rings. The second-order valence-electron chi connectivity index (χ2n) is 3.89. The van der Waals surface area contributed by atoms with Crippen molar-refractivity contribution in [2.75, 3.05) is 0 Å². The van der Waals surface area contributed by atoms with E-state index >= 15 is 0 Å². The van der Waals surface area contributed by atoms with Gasteiger partial charge in [-0.2, -0.15) is 0 Å². The predicted octanol–water partition coefficient (Wildman–Crippen LogP) is 2.74. The molecule has 1 rings (SSSR count). The number of carbonyl (C=O) groups is 1. The lowest BCUT2D eigenvalue weighted by molar-refractivity contribution is -0.146. The average molecular weight is 206 g/mol. The van der Waals surface area contributed by atoms with Crippen LogP contribution in [0.2, 0.25) is 0 Å². The summed E-state index contributed by atoms with van der Waals surface area (Å²) in [5.74, 6) is -0.158. The molecular formula is C13H18O2. The minimum atomic E-state index is -0.158. The molecule has 1 aromatic carbocycles. The molecule has 15 heavy (non-hydrogen) atoms. The zero-order valence-corrected chi connectivity index (χ0v) is 9.62. The third kappa shape index (κ3) is 4.15. The molecule has 0 saturated carbocycles. The third-order valence-electron chi connectivity index (χ3n) is 2.15. The van der Waals surface area contributed by atoms with Crippen molar-refractivity contribution in [1.82, 2.24) is 0 Å². The van der Waals surface area contributed by atoms with Gasteiger partial charge in [-0.25, -0.2) is 0 Å². The van der Waals surface area contributed by atoms with Crippen molar-refractivity contribution >= 4 is 5.97 Å². The molecular weight excluding hydrogens is 188 g/mol. The smallest absolute Gasteiger partial charge is 0.310 e. The molecule has 0 spiro atoms. The molecule has 0 N–H and O–H groups in total. The van der Waals surface area contributed by atoms with E-state index in [1.165, 1.54) is 5.56 Å². The van der Waals surface area contributed by atoms with Crippen molar-refractivity contribution < 1.29 is 9.53 Å². The summed E-state index contributed by atoms with van der Waals surface area (Å²) in [4.78, 5) is 11.4. The first-order chi connectivity index (χ1) is 7.11. The number of rotatable bonds is 4. The van der Waals surface area contributed by atoms with Gasteiger partial charge in [0.2, 0.25) is 0 Å². The van der Waals surface area contributed by atoms with Crippen LogP contribution in [0.5, 0.6) is 0 Å². The topological polar surface area (TPSA) is 26.3 Å². The Hall–Kier alpha value is -1.31. The molecule has 2 nitrogen and oxygen atoms in total. The van der Waals surface area contributed by atoms with E-state index in [4.69, 9.17) is 4.74 Å². The van der Waals surface area contributed by atoms with E-state index in [2.05, 4.69) is 19.1 Å². The molecule has 0 bridgehead atoms. The van der Waals surface area contributed by atoms with Crippen LogP contribution in [0.15, 0.2) is 24.3 Å². The number of hydrogen-bond donors (Lipinski definition) is 0. The van der Waals surface area contributed by atoms with Crippen molar-refractivity contribution in [2.45, 2.75) is 39.7 Å². The zero-order chi connectivity index (χ0) is 11.3. The third-order valence-corrected chi connectivity index (χ3v) is 2.15. The number of esters is 1. The molecule has 2 heteroatoms. The Labute approximate surface area is 91.3 Å². The summed E-state index contributed by atoms with van der Waals surface area (Å²) in [6.07, 6.45) is 1.35. The fraction of sp³-hybridized carbons (Fsp3) is 0.462. The number of benzene rings is 1. The Morgan fingerprint density at radius 3 is 2.20 bits per heavy atom. The van der Waals surface area contributed by atoms with E-state index in [1.54, 1.807) is 0 Å². The van der Waals surface area contributed by atoms with E-state index in [1.807, 2.05) is 26.0 Å². The molecule has 0 atom stereocenters. The van der Waals surface area contributed by atoms with Gasteiger partial charge in [-0.3, -0.25) is 4.79 Å². The normalized spacial score (nSPS) is 10.4. The minimum absolute atomic E-state index is 0.0348. The molecule has 0 aromatic heterocycles. The second-order valence-corrected chi connectivity index (χ2v) is 3.89. The summed E-state index contributed by atoms with van der Waals surface area (Å²) in [7, 11) is 0. The monoisotopic (exact) mass is 206 g/mol. The van der Waals surface area contributed by atoms with Crippen LogP contribution in [-0.2, 0) is 22.4 Å². The standard InChI is InChI=1S/C13H18O2/c1-4-11-5-7-12(8-6-11)9-13(14)15-10(2)3/h5-8,10H,4,9H2,1-3H3. The van der Waals surface area contributed by atoms with Crippen molar-refractivity contribution in [2.24, 2.45) is 0 Å². The number of ether oxygens (including phenoxy) is 1. The SMILES string of the molecule is CCc1ccc(CC(=O)OC(C)C)cc1. The maximum Gasteiger partial charge on any atom is 0.310 e.